The zero-order valence-electron chi connectivity index (χ0n) is 65.5. The van der Waals surface area contributed by atoms with E-state index in [9.17, 15) is 43.2 Å². The highest BCUT2D eigenvalue weighted by atomic mass is 31.2. The van der Waals surface area contributed by atoms with E-state index in [1.54, 1.807) is 0 Å². The van der Waals surface area contributed by atoms with Crippen molar-refractivity contribution in [3.8, 4) is 0 Å². The van der Waals surface area contributed by atoms with Gasteiger partial charge in [0.15, 0.2) is 12.2 Å². The lowest BCUT2D eigenvalue weighted by Gasteiger charge is -2.21. The number of phosphoric ester groups is 2. The highest BCUT2D eigenvalue weighted by Gasteiger charge is 2.30. The molecule has 0 heterocycles. The number of esters is 4. The predicted octanol–water partition coefficient (Wildman–Crippen LogP) is 23.6. The third-order valence-corrected chi connectivity index (χ3v) is 17.8. The summed E-state index contributed by atoms with van der Waals surface area (Å²) in [5.41, 5.74) is 0. The normalized spacial score (nSPS) is 14.8. The zero-order valence-corrected chi connectivity index (χ0v) is 67.3. The molecule has 0 aliphatic heterocycles. The Hall–Kier alpha value is -5.84. The Labute approximate surface area is 641 Å². The van der Waals surface area contributed by atoms with Crippen molar-refractivity contribution < 1.29 is 80.2 Å². The van der Waals surface area contributed by atoms with Crippen LogP contribution in [-0.2, 0) is 65.4 Å². The molecular formula is C87H140O17P2. The average Bonchev–Trinajstić information content (AvgIpc) is 0.902. The van der Waals surface area contributed by atoms with Gasteiger partial charge in [-0.05, 0) is 161 Å². The van der Waals surface area contributed by atoms with Gasteiger partial charge < -0.3 is 33.8 Å². The summed E-state index contributed by atoms with van der Waals surface area (Å²) in [4.78, 5) is 73.1. The number of unbranched alkanes of at least 4 members (excludes halogenated alkanes) is 17. The molecule has 0 bridgehead atoms. The number of carbonyl (C=O) groups excluding carboxylic acids is 4. The van der Waals surface area contributed by atoms with E-state index in [1.165, 1.54) is 0 Å². The van der Waals surface area contributed by atoms with E-state index in [0.29, 0.717) is 32.1 Å². The van der Waals surface area contributed by atoms with Gasteiger partial charge in [-0.1, -0.05) is 281 Å². The Morgan fingerprint density at radius 3 is 0.764 bits per heavy atom. The molecule has 0 aromatic heterocycles. The van der Waals surface area contributed by atoms with E-state index in [4.69, 9.17) is 37.0 Å². The van der Waals surface area contributed by atoms with Crippen molar-refractivity contribution in [3.05, 3.63) is 182 Å². The molecule has 0 spiro atoms. The van der Waals surface area contributed by atoms with Crippen LogP contribution >= 0.6 is 15.6 Å². The summed E-state index contributed by atoms with van der Waals surface area (Å²) in [7, 11) is -10.0. The van der Waals surface area contributed by atoms with Gasteiger partial charge in [-0.3, -0.25) is 37.3 Å². The maximum absolute atomic E-state index is 13.1. The minimum atomic E-state index is -5.01. The second-order valence-corrected chi connectivity index (χ2v) is 28.7. The average molecular weight is 1520 g/mol. The first kappa shape index (κ1) is 100. The van der Waals surface area contributed by atoms with Gasteiger partial charge in [-0.25, -0.2) is 9.13 Å². The van der Waals surface area contributed by atoms with E-state index < -0.39 is 97.5 Å². The van der Waals surface area contributed by atoms with Gasteiger partial charge in [0.25, 0.3) is 0 Å². The summed E-state index contributed by atoms with van der Waals surface area (Å²) in [6.45, 7) is 4.28. The molecule has 5 atom stereocenters. The van der Waals surface area contributed by atoms with Gasteiger partial charge in [0.1, 0.15) is 19.3 Å². The first-order chi connectivity index (χ1) is 51.7. The van der Waals surface area contributed by atoms with Crippen LogP contribution in [-0.4, -0.2) is 96.7 Å². The number of hydrogen-bond donors (Lipinski definition) is 3. The maximum Gasteiger partial charge on any atom is 0.472 e. The molecule has 0 radical (unpaired) electrons. The molecule has 0 aliphatic rings. The smallest absolute Gasteiger partial charge is 0.462 e. The molecule has 17 nitrogen and oxygen atoms in total. The van der Waals surface area contributed by atoms with Gasteiger partial charge in [-0.15, -0.1) is 0 Å². The van der Waals surface area contributed by atoms with Crippen LogP contribution in [0.1, 0.15) is 285 Å². The molecule has 0 aromatic rings. The van der Waals surface area contributed by atoms with Crippen LogP contribution in [0.15, 0.2) is 182 Å². The van der Waals surface area contributed by atoms with Crippen LogP contribution in [0, 0.1) is 0 Å². The summed E-state index contributed by atoms with van der Waals surface area (Å²) in [6, 6.07) is 0. The standard InChI is InChI=1S/C87H140O17P2/c1-5-9-13-17-21-25-29-33-37-39-40-42-45-48-52-56-60-64-68-72-85(90)98-78-83(104-87(92)74-70-66-62-58-54-50-46-41-38-34-30-26-22-18-14-10-6-2)80-102-106(95,96)100-76-81(88)75-99-105(93,94)101-79-82(103-86(91)73-69-65-61-57-53-49-44-36-32-28-24-20-16-12-8-4)77-97-84(89)71-67-63-59-55-51-47-43-35-31-27-23-19-15-11-7-3/h9-16,21-28,33-38,40,42-44,48,52,60,64,81-83,88H,5-8,17-20,29-32,39,41,45-47,49-51,53-59,61-63,65-80H2,1-4H3,(H,93,94)(H,95,96)/b13-9-,14-10-,15-11-,16-12-,25-21-,26-22-,27-23-,28-24-,37-33-,38-34-,42-40-,43-35-,44-36-,52-48-,64-60-. The monoisotopic (exact) mass is 1520 g/mol. The van der Waals surface area contributed by atoms with E-state index in [0.717, 1.165) is 199 Å². The van der Waals surface area contributed by atoms with E-state index in [2.05, 4.69) is 192 Å². The quantitative estimate of drug-likeness (QED) is 0.0169. The van der Waals surface area contributed by atoms with E-state index >= 15 is 0 Å². The van der Waals surface area contributed by atoms with Crippen molar-refractivity contribution in [1.82, 2.24) is 0 Å². The van der Waals surface area contributed by atoms with E-state index in [1.807, 2.05) is 18.2 Å². The molecule has 5 unspecified atom stereocenters. The summed E-state index contributed by atoms with van der Waals surface area (Å²) < 4.78 is 68.5. The molecule has 106 heavy (non-hydrogen) atoms. The number of aliphatic hydroxyl groups is 1. The van der Waals surface area contributed by atoms with Crippen molar-refractivity contribution in [2.45, 2.75) is 303 Å². The highest BCUT2D eigenvalue weighted by molar-refractivity contribution is 7.47. The second-order valence-electron chi connectivity index (χ2n) is 25.8. The third kappa shape index (κ3) is 76.4. The third-order valence-electron chi connectivity index (χ3n) is 15.9. The summed E-state index contributed by atoms with van der Waals surface area (Å²) in [5.74, 6) is -2.34. The number of hydrogen-bond acceptors (Lipinski definition) is 15. The first-order valence-corrected chi connectivity index (χ1v) is 43.0. The molecule has 0 fully saturated rings. The Kier molecular flexibility index (Phi) is 73.1. The highest BCUT2D eigenvalue weighted by Crippen LogP contribution is 2.45. The largest absolute Gasteiger partial charge is 0.472 e. The number of phosphoric acid groups is 2. The predicted molar refractivity (Wildman–Crippen MR) is 436 cm³/mol. The molecule has 0 saturated heterocycles. The molecule has 0 saturated carbocycles. The summed E-state index contributed by atoms with van der Waals surface area (Å²) >= 11 is 0. The van der Waals surface area contributed by atoms with Crippen molar-refractivity contribution in [1.29, 1.82) is 0 Å². The van der Waals surface area contributed by atoms with Crippen LogP contribution in [0.4, 0.5) is 0 Å². The number of ether oxygens (including phenoxy) is 4. The van der Waals surface area contributed by atoms with Crippen molar-refractivity contribution in [2.75, 3.05) is 39.6 Å². The van der Waals surface area contributed by atoms with Crippen LogP contribution in [0.25, 0.3) is 0 Å². The molecule has 19 heteroatoms. The Morgan fingerprint density at radius 1 is 0.264 bits per heavy atom. The first-order valence-electron chi connectivity index (χ1n) is 40.0. The molecule has 3 N–H and O–H groups in total. The fraction of sp³-hybridized carbons (Fsp3) is 0.609. The lowest BCUT2D eigenvalue weighted by molar-refractivity contribution is -0.161. The number of aliphatic hydroxyl groups excluding tert-OH is 1. The van der Waals surface area contributed by atoms with Crippen molar-refractivity contribution in [3.63, 3.8) is 0 Å². The van der Waals surface area contributed by atoms with Gasteiger partial charge in [0.2, 0.25) is 0 Å². The SMILES string of the molecule is CC/C=C\C/C=C\C/C=C\C/C=C\C/C=C\C/C=C\CCC(=O)OCC(COP(=O)(O)OCC(O)COP(=O)(O)OCC(COC(=O)CCCCCCC/C=C\C/C=C\C/C=C\CC)OC(=O)CCCCCCC/C=C\C/C=C\C/C=C\CC)OC(=O)CCCCCCCCC/C=C\C/C=C\C/C=C\CC. The lowest BCUT2D eigenvalue weighted by Crippen LogP contribution is -2.30. The Balaban J connectivity index is 5.49. The topological polar surface area (TPSA) is 237 Å². The van der Waals surface area contributed by atoms with E-state index in [-0.39, 0.29) is 25.7 Å². The summed E-state index contributed by atoms with van der Waals surface area (Å²) in [6.07, 6.45) is 93.1. The van der Waals surface area contributed by atoms with Crippen LogP contribution in [0.5, 0.6) is 0 Å². The minimum absolute atomic E-state index is 0.0269. The fourth-order valence-corrected chi connectivity index (χ4v) is 11.5. The second kappa shape index (κ2) is 77.3. The Bertz CT molecular complexity index is 2730. The lowest BCUT2D eigenvalue weighted by atomic mass is 10.1. The molecular weight excluding hydrogens is 1380 g/mol. The number of rotatable bonds is 73. The number of allylic oxidation sites excluding steroid dienone is 30. The van der Waals surface area contributed by atoms with Gasteiger partial charge in [0, 0.05) is 25.7 Å². The molecule has 0 amide bonds. The molecule has 0 rings (SSSR count). The molecule has 0 aliphatic carbocycles. The summed E-state index contributed by atoms with van der Waals surface area (Å²) in [5, 5.41) is 10.6. The van der Waals surface area contributed by atoms with Gasteiger partial charge in [-0.2, -0.15) is 0 Å². The van der Waals surface area contributed by atoms with Gasteiger partial charge in [0.05, 0.1) is 26.4 Å². The molecule has 600 valence electrons. The van der Waals surface area contributed by atoms with Crippen LogP contribution < -0.4 is 0 Å². The van der Waals surface area contributed by atoms with Crippen molar-refractivity contribution >= 4 is 39.5 Å². The maximum atomic E-state index is 13.1. The van der Waals surface area contributed by atoms with Crippen LogP contribution in [0.3, 0.4) is 0 Å². The van der Waals surface area contributed by atoms with Crippen LogP contribution in [0.2, 0.25) is 0 Å². The fourth-order valence-electron chi connectivity index (χ4n) is 9.94. The van der Waals surface area contributed by atoms with Crippen molar-refractivity contribution in [2.24, 2.45) is 0 Å². The zero-order chi connectivity index (χ0) is 77.4. The molecule has 0 aromatic carbocycles. The van der Waals surface area contributed by atoms with Gasteiger partial charge >= 0.3 is 39.5 Å². The Morgan fingerprint density at radius 2 is 0.481 bits per heavy atom. The number of carbonyl (C=O) groups is 4. The minimum Gasteiger partial charge on any atom is -0.462 e.